The predicted molar refractivity (Wildman–Crippen MR) is 78.4 cm³/mol. The van der Waals surface area contributed by atoms with Crippen LogP contribution >= 0.6 is 23.4 Å². The standard InChI is InChI=1S/C14H13ClFNOS/c1-18-11-4-2-9(13(16)7-11)8-19-14-6-10(17)3-5-12(14)15/h2-7H,8,17H2,1H3. The van der Waals surface area contributed by atoms with Crippen LogP contribution in [-0.4, -0.2) is 7.11 Å². The molecular formula is C14H13ClFNOS. The quantitative estimate of drug-likeness (QED) is 0.672. The van der Waals surface area contributed by atoms with Crippen LogP contribution in [-0.2, 0) is 5.75 Å². The average Bonchev–Trinajstić information content (AvgIpc) is 2.40. The Morgan fingerprint density at radius 3 is 2.74 bits per heavy atom. The van der Waals surface area contributed by atoms with Crippen molar-refractivity contribution < 1.29 is 9.13 Å². The first kappa shape index (κ1) is 14.0. The number of thioether (sulfide) groups is 1. The van der Waals surface area contributed by atoms with Crippen molar-refractivity contribution in [1.29, 1.82) is 0 Å². The maximum atomic E-state index is 13.8. The summed E-state index contributed by atoms with van der Waals surface area (Å²) in [5.41, 5.74) is 6.94. The van der Waals surface area contributed by atoms with E-state index in [1.807, 2.05) is 0 Å². The minimum atomic E-state index is -0.285. The van der Waals surface area contributed by atoms with Crippen LogP contribution < -0.4 is 10.5 Å². The summed E-state index contributed by atoms with van der Waals surface area (Å²) in [5.74, 6) is 0.707. The van der Waals surface area contributed by atoms with Gasteiger partial charge < -0.3 is 10.5 Å². The zero-order valence-corrected chi connectivity index (χ0v) is 11.9. The van der Waals surface area contributed by atoms with Gasteiger partial charge in [0, 0.05) is 22.4 Å². The third kappa shape index (κ3) is 3.55. The summed E-state index contributed by atoms with van der Waals surface area (Å²) >= 11 is 7.51. The molecule has 0 bridgehead atoms. The lowest BCUT2D eigenvalue weighted by Gasteiger charge is -2.07. The second-order valence-corrected chi connectivity index (χ2v) is 5.36. The molecule has 0 aliphatic heterocycles. The fraction of sp³-hybridized carbons (Fsp3) is 0.143. The van der Waals surface area contributed by atoms with Gasteiger partial charge in [0.2, 0.25) is 0 Å². The van der Waals surface area contributed by atoms with Crippen LogP contribution in [0, 0.1) is 5.82 Å². The van der Waals surface area contributed by atoms with Gasteiger partial charge in [-0.15, -0.1) is 11.8 Å². The van der Waals surface area contributed by atoms with Crippen LogP contribution in [0.15, 0.2) is 41.3 Å². The zero-order valence-electron chi connectivity index (χ0n) is 10.3. The molecule has 19 heavy (non-hydrogen) atoms. The van der Waals surface area contributed by atoms with E-state index in [2.05, 4.69) is 0 Å². The number of nitrogen functional groups attached to an aromatic ring is 1. The smallest absolute Gasteiger partial charge is 0.130 e. The van der Waals surface area contributed by atoms with Gasteiger partial charge in [-0.05, 0) is 29.8 Å². The van der Waals surface area contributed by atoms with E-state index in [9.17, 15) is 4.39 Å². The van der Waals surface area contributed by atoms with Crippen molar-refractivity contribution in [2.45, 2.75) is 10.6 Å². The fourth-order valence-corrected chi connectivity index (χ4v) is 2.81. The lowest BCUT2D eigenvalue weighted by atomic mass is 10.2. The number of ether oxygens (including phenoxy) is 1. The van der Waals surface area contributed by atoms with E-state index >= 15 is 0 Å². The highest BCUT2D eigenvalue weighted by molar-refractivity contribution is 7.98. The highest BCUT2D eigenvalue weighted by atomic mass is 35.5. The first-order valence-electron chi connectivity index (χ1n) is 5.60. The summed E-state index contributed by atoms with van der Waals surface area (Å²) in [6, 6.07) is 10.1. The Balaban J connectivity index is 2.12. The predicted octanol–water partition coefficient (Wildman–Crippen LogP) is 4.36. The molecule has 0 aliphatic rings. The highest BCUT2D eigenvalue weighted by Gasteiger charge is 2.07. The third-order valence-electron chi connectivity index (χ3n) is 2.60. The number of methoxy groups -OCH3 is 1. The van der Waals surface area contributed by atoms with Crippen molar-refractivity contribution >= 4 is 29.1 Å². The van der Waals surface area contributed by atoms with Crippen LogP contribution in [0.4, 0.5) is 10.1 Å². The monoisotopic (exact) mass is 297 g/mol. The SMILES string of the molecule is COc1ccc(CSc2cc(N)ccc2Cl)c(F)c1. The highest BCUT2D eigenvalue weighted by Crippen LogP contribution is 2.32. The Hall–Kier alpha value is -1.39. The molecule has 5 heteroatoms. The molecule has 2 aromatic rings. The summed E-state index contributed by atoms with van der Waals surface area (Å²) in [6.07, 6.45) is 0. The maximum absolute atomic E-state index is 13.8. The summed E-state index contributed by atoms with van der Waals surface area (Å²) in [6.45, 7) is 0. The van der Waals surface area contributed by atoms with Gasteiger partial charge in [0.1, 0.15) is 11.6 Å². The van der Waals surface area contributed by atoms with Gasteiger partial charge in [0.05, 0.1) is 12.1 Å². The van der Waals surface area contributed by atoms with Crippen LogP contribution in [0.2, 0.25) is 5.02 Å². The minimum Gasteiger partial charge on any atom is -0.497 e. The number of rotatable bonds is 4. The first-order chi connectivity index (χ1) is 9.10. The Morgan fingerprint density at radius 1 is 1.26 bits per heavy atom. The second-order valence-electron chi connectivity index (χ2n) is 3.94. The second kappa shape index (κ2) is 6.17. The molecule has 0 saturated heterocycles. The Labute approximate surface area is 120 Å². The molecule has 2 aromatic carbocycles. The van der Waals surface area contributed by atoms with Crippen LogP contribution in [0.25, 0.3) is 0 Å². The number of hydrogen-bond donors (Lipinski definition) is 1. The van der Waals surface area contributed by atoms with Crippen LogP contribution in [0.3, 0.4) is 0 Å². The Morgan fingerprint density at radius 2 is 2.05 bits per heavy atom. The Kier molecular flexibility index (Phi) is 4.56. The van der Waals surface area contributed by atoms with Gasteiger partial charge in [-0.1, -0.05) is 17.7 Å². The molecular weight excluding hydrogens is 285 g/mol. The van der Waals surface area contributed by atoms with E-state index in [0.717, 1.165) is 4.90 Å². The summed E-state index contributed by atoms with van der Waals surface area (Å²) in [7, 11) is 1.51. The molecule has 0 radical (unpaired) electrons. The molecule has 0 atom stereocenters. The van der Waals surface area contributed by atoms with E-state index in [-0.39, 0.29) is 5.82 Å². The fourth-order valence-electron chi connectivity index (χ4n) is 1.56. The molecule has 0 spiro atoms. The molecule has 2 rings (SSSR count). The lowest BCUT2D eigenvalue weighted by molar-refractivity contribution is 0.411. The molecule has 0 aromatic heterocycles. The normalized spacial score (nSPS) is 10.5. The Bertz CT molecular complexity index is 592. The summed E-state index contributed by atoms with van der Waals surface area (Å²) < 4.78 is 18.7. The zero-order chi connectivity index (χ0) is 13.8. The van der Waals surface area contributed by atoms with Crippen LogP contribution in [0.1, 0.15) is 5.56 Å². The van der Waals surface area contributed by atoms with Crippen molar-refractivity contribution in [3.63, 3.8) is 0 Å². The van der Waals surface area contributed by atoms with E-state index in [4.69, 9.17) is 22.1 Å². The maximum Gasteiger partial charge on any atom is 0.130 e. The van der Waals surface area contributed by atoms with Gasteiger partial charge in [0.25, 0.3) is 0 Å². The molecule has 2 nitrogen and oxygen atoms in total. The van der Waals surface area contributed by atoms with Gasteiger partial charge in [0.15, 0.2) is 0 Å². The average molecular weight is 298 g/mol. The molecule has 0 aliphatic carbocycles. The van der Waals surface area contributed by atoms with Gasteiger partial charge in [-0.2, -0.15) is 0 Å². The van der Waals surface area contributed by atoms with Gasteiger partial charge >= 0.3 is 0 Å². The summed E-state index contributed by atoms with van der Waals surface area (Å²) in [4.78, 5) is 0.844. The number of hydrogen-bond acceptors (Lipinski definition) is 3. The van der Waals surface area contributed by atoms with Crippen molar-refractivity contribution in [3.8, 4) is 5.75 Å². The molecule has 0 heterocycles. The van der Waals surface area contributed by atoms with Crippen molar-refractivity contribution in [3.05, 3.63) is 52.8 Å². The summed E-state index contributed by atoms with van der Waals surface area (Å²) in [5, 5.41) is 0.619. The molecule has 0 amide bonds. The number of halogens is 2. The largest absolute Gasteiger partial charge is 0.497 e. The molecule has 100 valence electrons. The molecule has 2 N–H and O–H groups in total. The molecule has 0 fully saturated rings. The van der Waals surface area contributed by atoms with E-state index < -0.39 is 0 Å². The van der Waals surface area contributed by atoms with Gasteiger partial charge in [-0.25, -0.2) is 4.39 Å². The lowest BCUT2D eigenvalue weighted by Crippen LogP contribution is -1.91. The first-order valence-corrected chi connectivity index (χ1v) is 6.96. The van der Waals surface area contributed by atoms with E-state index in [1.165, 1.54) is 24.9 Å². The topological polar surface area (TPSA) is 35.2 Å². The van der Waals surface area contributed by atoms with Crippen molar-refractivity contribution in [2.75, 3.05) is 12.8 Å². The van der Waals surface area contributed by atoms with Crippen LogP contribution in [0.5, 0.6) is 5.75 Å². The molecule has 0 unspecified atom stereocenters. The van der Waals surface area contributed by atoms with Crippen molar-refractivity contribution in [1.82, 2.24) is 0 Å². The number of anilines is 1. The van der Waals surface area contributed by atoms with E-state index in [0.29, 0.717) is 27.8 Å². The van der Waals surface area contributed by atoms with Gasteiger partial charge in [-0.3, -0.25) is 0 Å². The van der Waals surface area contributed by atoms with Crippen molar-refractivity contribution in [2.24, 2.45) is 0 Å². The number of nitrogens with two attached hydrogens (primary N) is 1. The number of benzene rings is 2. The van der Waals surface area contributed by atoms with E-state index in [1.54, 1.807) is 30.3 Å². The molecule has 0 saturated carbocycles. The minimum absolute atomic E-state index is 0.285. The third-order valence-corrected chi connectivity index (χ3v) is 4.14.